The number of non-ortho nitro benzene ring substituents is 1. The lowest BCUT2D eigenvalue weighted by Crippen LogP contribution is -2.23. The van der Waals surface area contributed by atoms with E-state index in [0.717, 1.165) is 0 Å². The number of carbonyl (C=O) groups is 1. The van der Waals surface area contributed by atoms with E-state index in [9.17, 15) is 23.3 Å². The van der Waals surface area contributed by atoms with Crippen molar-refractivity contribution in [3.8, 4) is 0 Å². The van der Waals surface area contributed by atoms with E-state index in [1.54, 1.807) is 30.3 Å². The maximum atomic E-state index is 12.6. The number of fused-ring (bicyclic) bond motifs is 1. The highest BCUT2D eigenvalue weighted by Crippen LogP contribution is 2.28. The van der Waals surface area contributed by atoms with Crippen LogP contribution < -0.4 is 5.32 Å². The first-order chi connectivity index (χ1) is 12.8. The molecule has 1 N–H and O–H groups in total. The van der Waals surface area contributed by atoms with Crippen molar-refractivity contribution in [1.29, 1.82) is 0 Å². The molecule has 0 bridgehead atoms. The van der Waals surface area contributed by atoms with Crippen LogP contribution in [0.4, 0.5) is 11.4 Å². The Hall–Kier alpha value is -2.97. The highest BCUT2D eigenvalue weighted by molar-refractivity contribution is 7.92. The molecule has 9 heteroatoms. The van der Waals surface area contributed by atoms with Crippen molar-refractivity contribution >= 4 is 49.5 Å². The third-order valence-corrected chi connectivity index (χ3v) is 5.80. The standard InChI is InChI=1S/C18H13ClN2O5S/c19-15-5-1-2-6-16(15)20-18(22)11-27(25,26)13-9-8-12-4-3-7-17(21(23)24)14(12)10-13/h1-10H,11H2,(H,20,22). The number of hydrogen-bond acceptors (Lipinski definition) is 5. The molecule has 0 atom stereocenters. The van der Waals surface area contributed by atoms with Gasteiger partial charge >= 0.3 is 0 Å². The van der Waals surface area contributed by atoms with E-state index in [-0.39, 0.29) is 21.0 Å². The molecule has 0 aliphatic carbocycles. The van der Waals surface area contributed by atoms with Gasteiger partial charge in [-0.2, -0.15) is 0 Å². The molecule has 0 spiro atoms. The minimum atomic E-state index is -4.00. The number of hydrogen-bond donors (Lipinski definition) is 1. The molecule has 0 saturated heterocycles. The quantitative estimate of drug-likeness (QED) is 0.514. The summed E-state index contributed by atoms with van der Waals surface area (Å²) < 4.78 is 25.2. The lowest BCUT2D eigenvalue weighted by atomic mass is 10.1. The molecule has 0 aromatic heterocycles. The third kappa shape index (κ3) is 4.07. The van der Waals surface area contributed by atoms with E-state index in [0.29, 0.717) is 11.1 Å². The Morgan fingerprint density at radius 3 is 2.52 bits per heavy atom. The van der Waals surface area contributed by atoms with Crippen LogP contribution in [0.15, 0.2) is 65.6 Å². The zero-order valence-corrected chi connectivity index (χ0v) is 15.3. The highest BCUT2D eigenvalue weighted by atomic mass is 35.5. The van der Waals surface area contributed by atoms with Crippen molar-refractivity contribution in [3.63, 3.8) is 0 Å². The Bertz CT molecular complexity index is 1160. The fourth-order valence-electron chi connectivity index (χ4n) is 2.59. The number of rotatable bonds is 5. The van der Waals surface area contributed by atoms with Crippen molar-refractivity contribution in [2.75, 3.05) is 11.1 Å². The molecule has 7 nitrogen and oxygen atoms in total. The molecular formula is C18H13ClN2O5S. The molecule has 0 saturated carbocycles. The van der Waals surface area contributed by atoms with E-state index in [1.165, 1.54) is 30.3 Å². The lowest BCUT2D eigenvalue weighted by molar-refractivity contribution is -0.383. The summed E-state index contributed by atoms with van der Waals surface area (Å²) >= 11 is 5.94. The van der Waals surface area contributed by atoms with Gasteiger partial charge in [0.1, 0.15) is 5.75 Å². The summed E-state index contributed by atoms with van der Waals surface area (Å²) in [6, 6.07) is 14.9. The average molecular weight is 405 g/mol. The number of nitrogens with zero attached hydrogens (tertiary/aromatic N) is 1. The van der Waals surface area contributed by atoms with Gasteiger partial charge in [-0.3, -0.25) is 14.9 Å². The van der Waals surface area contributed by atoms with Crippen LogP contribution in [0.2, 0.25) is 5.02 Å². The van der Waals surface area contributed by atoms with Crippen molar-refractivity contribution in [2.24, 2.45) is 0 Å². The number of amides is 1. The van der Waals surface area contributed by atoms with Crippen molar-refractivity contribution in [3.05, 3.63) is 75.8 Å². The molecule has 0 radical (unpaired) electrons. The van der Waals surface area contributed by atoms with Gasteiger partial charge in [0.15, 0.2) is 9.84 Å². The van der Waals surface area contributed by atoms with Gasteiger partial charge in [0, 0.05) is 6.07 Å². The molecule has 0 heterocycles. The molecule has 27 heavy (non-hydrogen) atoms. The van der Waals surface area contributed by atoms with Gasteiger partial charge in [0.25, 0.3) is 5.69 Å². The van der Waals surface area contributed by atoms with Crippen molar-refractivity contribution < 1.29 is 18.1 Å². The maximum absolute atomic E-state index is 12.6. The van der Waals surface area contributed by atoms with Crippen LogP contribution in [0.25, 0.3) is 10.8 Å². The SMILES string of the molecule is O=C(CS(=O)(=O)c1ccc2cccc([N+](=O)[O-])c2c1)Nc1ccccc1Cl. The first-order valence-corrected chi connectivity index (χ1v) is 9.75. The first-order valence-electron chi connectivity index (χ1n) is 7.72. The van der Waals surface area contributed by atoms with Crippen LogP contribution in [0.5, 0.6) is 0 Å². The Morgan fingerprint density at radius 2 is 1.81 bits per heavy atom. The molecule has 0 aliphatic heterocycles. The van der Waals surface area contributed by atoms with E-state index in [2.05, 4.69) is 5.32 Å². The van der Waals surface area contributed by atoms with Crippen LogP contribution in [0.3, 0.4) is 0 Å². The second kappa shape index (κ2) is 7.34. The number of nitrogens with one attached hydrogen (secondary N) is 1. The van der Waals surface area contributed by atoms with Crippen molar-refractivity contribution in [2.45, 2.75) is 4.90 Å². The predicted molar refractivity (Wildman–Crippen MR) is 103 cm³/mol. The Morgan fingerprint density at radius 1 is 1.07 bits per heavy atom. The van der Waals surface area contributed by atoms with Crippen molar-refractivity contribution in [1.82, 2.24) is 0 Å². The zero-order chi connectivity index (χ0) is 19.6. The zero-order valence-electron chi connectivity index (χ0n) is 13.8. The predicted octanol–water partition coefficient (Wildman–Crippen LogP) is 3.81. The number of halogens is 1. The molecule has 1 amide bonds. The minimum absolute atomic E-state index is 0.168. The summed E-state index contributed by atoms with van der Waals surface area (Å²) in [7, 11) is -4.00. The van der Waals surface area contributed by atoms with Gasteiger partial charge in [0.2, 0.25) is 5.91 Å². The monoisotopic (exact) mass is 404 g/mol. The fraction of sp³-hybridized carbons (Fsp3) is 0.0556. The summed E-state index contributed by atoms with van der Waals surface area (Å²) in [4.78, 5) is 22.6. The van der Waals surface area contributed by atoms with E-state index < -0.39 is 26.4 Å². The first kappa shape index (κ1) is 18.8. The Labute approximate surface area is 159 Å². The fourth-order valence-corrected chi connectivity index (χ4v) is 3.93. The second-order valence-electron chi connectivity index (χ2n) is 5.70. The second-order valence-corrected chi connectivity index (χ2v) is 8.10. The smallest absolute Gasteiger partial charge is 0.277 e. The number of anilines is 1. The highest BCUT2D eigenvalue weighted by Gasteiger charge is 2.22. The van der Waals surface area contributed by atoms with Crippen LogP contribution in [-0.4, -0.2) is 25.0 Å². The molecule has 3 aromatic rings. The molecule has 0 unspecified atom stereocenters. The largest absolute Gasteiger partial charge is 0.324 e. The number of nitro benzene ring substituents is 1. The minimum Gasteiger partial charge on any atom is -0.324 e. The summed E-state index contributed by atoms with van der Waals surface area (Å²) in [5.41, 5.74) is 0.0959. The maximum Gasteiger partial charge on any atom is 0.277 e. The number of carbonyl (C=O) groups excluding carboxylic acids is 1. The third-order valence-electron chi connectivity index (χ3n) is 3.86. The van der Waals surface area contributed by atoms with Gasteiger partial charge in [0.05, 0.1) is 25.9 Å². The normalized spacial score (nSPS) is 11.3. The summed E-state index contributed by atoms with van der Waals surface area (Å²) in [6.45, 7) is 0. The van der Waals surface area contributed by atoms with Gasteiger partial charge in [-0.05, 0) is 29.7 Å². The van der Waals surface area contributed by atoms with Crippen LogP contribution in [0, 0.1) is 10.1 Å². The van der Waals surface area contributed by atoms with Crippen LogP contribution in [0.1, 0.15) is 0 Å². The van der Waals surface area contributed by atoms with Gasteiger partial charge in [-0.1, -0.05) is 41.9 Å². The summed E-state index contributed by atoms with van der Waals surface area (Å²) in [6.07, 6.45) is 0. The molecule has 138 valence electrons. The number of sulfone groups is 1. The van der Waals surface area contributed by atoms with Crippen LogP contribution in [-0.2, 0) is 14.6 Å². The average Bonchev–Trinajstić information content (AvgIpc) is 2.62. The molecule has 0 fully saturated rings. The summed E-state index contributed by atoms with van der Waals surface area (Å²) in [5, 5.41) is 14.6. The molecule has 3 aromatic carbocycles. The number of nitro groups is 1. The summed E-state index contributed by atoms with van der Waals surface area (Å²) in [5.74, 6) is -1.57. The molecular weight excluding hydrogens is 392 g/mol. The topological polar surface area (TPSA) is 106 Å². The van der Waals surface area contributed by atoms with E-state index in [4.69, 9.17) is 11.6 Å². The van der Waals surface area contributed by atoms with Gasteiger partial charge in [-0.25, -0.2) is 8.42 Å². The van der Waals surface area contributed by atoms with E-state index >= 15 is 0 Å². The van der Waals surface area contributed by atoms with Crippen LogP contribution >= 0.6 is 11.6 Å². The number of benzene rings is 3. The van der Waals surface area contributed by atoms with Gasteiger partial charge in [-0.15, -0.1) is 0 Å². The Balaban J connectivity index is 1.90. The lowest BCUT2D eigenvalue weighted by Gasteiger charge is -2.09. The molecule has 3 rings (SSSR count). The molecule has 0 aliphatic rings. The van der Waals surface area contributed by atoms with E-state index in [1.807, 2.05) is 0 Å². The van der Waals surface area contributed by atoms with Gasteiger partial charge < -0.3 is 5.32 Å². The number of para-hydroxylation sites is 1. The Kier molecular flexibility index (Phi) is 5.11.